The monoisotopic (exact) mass is 621 g/mol. The number of rotatable bonds is 3. The number of likely N-dealkylation sites (N-methyl/N-ethyl adjacent to an activating group) is 1. The molecule has 0 N–H and O–H groups in total. The first-order chi connectivity index (χ1) is 20.1. The molecule has 0 amide bonds. The minimum absolute atomic E-state index is 0.0916. The molecule has 4 aromatic rings. The summed E-state index contributed by atoms with van der Waals surface area (Å²) < 4.78 is 33.3. The third-order valence-corrected chi connectivity index (χ3v) is 8.35. The number of anilines is 1. The van der Waals surface area contributed by atoms with Gasteiger partial charge in [0.25, 0.3) is 0 Å². The van der Waals surface area contributed by atoms with E-state index in [-0.39, 0.29) is 10.8 Å². The van der Waals surface area contributed by atoms with E-state index in [0.29, 0.717) is 6.26 Å². The highest BCUT2D eigenvalue weighted by molar-refractivity contribution is 7.93. The molecule has 2 heterocycles. The van der Waals surface area contributed by atoms with Gasteiger partial charge in [0.1, 0.15) is 7.05 Å². The Bertz CT molecular complexity index is 1840. The molecule has 0 atom stereocenters. The fourth-order valence-corrected chi connectivity index (χ4v) is 6.51. The highest BCUT2D eigenvalue weighted by Crippen LogP contribution is 2.51. The molecule has 43 heavy (non-hydrogen) atoms. The summed E-state index contributed by atoms with van der Waals surface area (Å²) in [5.41, 5.74) is 7.99. The van der Waals surface area contributed by atoms with Crippen molar-refractivity contribution in [2.75, 3.05) is 31.5 Å². The maximum atomic E-state index is 9.08. The van der Waals surface area contributed by atoms with Crippen LogP contribution in [0.1, 0.15) is 38.8 Å². The lowest BCUT2D eigenvalue weighted by Crippen LogP contribution is -2.31. The Hall–Kier alpha value is -3.25. The summed E-state index contributed by atoms with van der Waals surface area (Å²) in [6.45, 7) is 9.49. The van der Waals surface area contributed by atoms with E-state index in [1.165, 1.54) is 55.5 Å². The zero-order valence-corrected chi connectivity index (χ0v) is 27.3. The van der Waals surface area contributed by atoms with Crippen molar-refractivity contribution in [3.63, 3.8) is 0 Å². The van der Waals surface area contributed by atoms with Crippen LogP contribution in [0.15, 0.2) is 84.6 Å². The van der Waals surface area contributed by atoms with Gasteiger partial charge in [-0.25, -0.2) is 8.42 Å². The fraction of sp³-hybridized carbons (Fsp3) is 0.303. The molecule has 0 aliphatic carbocycles. The molecule has 0 spiro atoms. The fourth-order valence-electron chi connectivity index (χ4n) is 6.46. The molecule has 0 unspecified atom stereocenters. The summed E-state index contributed by atoms with van der Waals surface area (Å²) in [6, 6.07) is 26.6. The highest BCUT2D eigenvalue weighted by Gasteiger charge is 2.47. The van der Waals surface area contributed by atoms with Crippen LogP contribution in [0.4, 0.5) is 11.4 Å². The summed E-state index contributed by atoms with van der Waals surface area (Å²) in [6.07, 6.45) is 4.65. The molecule has 6 rings (SSSR count). The molecule has 0 radical (unpaired) electrons. The van der Waals surface area contributed by atoms with Crippen LogP contribution in [0.3, 0.4) is 0 Å². The van der Waals surface area contributed by atoms with E-state index < -0.39 is 10.1 Å². The molecular weight excluding hydrogens is 585 g/mol. The predicted molar refractivity (Wildman–Crippen MR) is 173 cm³/mol. The minimum Gasteiger partial charge on any atom is -0.748 e. The second kappa shape index (κ2) is 12.4. The summed E-state index contributed by atoms with van der Waals surface area (Å²) in [7, 11) is 0.526. The maximum Gasteiger partial charge on any atom is 0.210 e. The third kappa shape index (κ3) is 6.35. The van der Waals surface area contributed by atoms with Gasteiger partial charge in [0, 0.05) is 66.1 Å². The number of allylic oxidation sites excluding steroid dienone is 2. The van der Waals surface area contributed by atoms with E-state index in [9.17, 15) is 0 Å². The zero-order chi connectivity index (χ0) is 31.7. The minimum atomic E-state index is -3.92. The molecule has 2 aliphatic rings. The molecule has 228 valence electrons. The van der Waals surface area contributed by atoms with E-state index in [4.69, 9.17) is 18.2 Å². The Morgan fingerprint density at radius 2 is 1.37 bits per heavy atom. The van der Waals surface area contributed by atoms with E-state index in [1.54, 1.807) is 6.26 Å². The Morgan fingerprint density at radius 1 is 0.860 bits per heavy atom. The summed E-state index contributed by atoms with van der Waals surface area (Å²) in [5, 5.41) is 17.0. The van der Waals surface area contributed by atoms with Crippen molar-refractivity contribution in [3.8, 4) is 0 Å². The second-order valence-electron chi connectivity index (χ2n) is 11.7. The molecule has 0 aromatic heterocycles. The molecule has 0 saturated heterocycles. The van der Waals surface area contributed by atoms with Crippen molar-refractivity contribution < 1.29 is 32.2 Å². The van der Waals surface area contributed by atoms with E-state index in [2.05, 4.69) is 140 Å². The van der Waals surface area contributed by atoms with E-state index >= 15 is 0 Å². The average Bonchev–Trinajstić information content (AvgIpc) is 3.27. The van der Waals surface area contributed by atoms with Crippen molar-refractivity contribution in [1.82, 2.24) is 0 Å². The van der Waals surface area contributed by atoms with Gasteiger partial charge in [-0.15, -0.1) is 0 Å². The van der Waals surface area contributed by atoms with Crippen LogP contribution in [0, 0.1) is 0 Å². The molecule has 0 saturated carbocycles. The lowest BCUT2D eigenvalue weighted by atomic mass is 9.76. The number of benzene rings is 4. The van der Waals surface area contributed by atoms with Crippen LogP contribution in [-0.2, 0) is 30.3 Å². The van der Waals surface area contributed by atoms with Crippen molar-refractivity contribution in [2.24, 2.45) is 0 Å². The molecule has 4 aromatic carbocycles. The Labute approximate surface area is 258 Å². The Balaban J connectivity index is 0.000000369. The van der Waals surface area contributed by atoms with Gasteiger partial charge in [-0.05, 0) is 53.1 Å². The SMILES string of the molecule is CN1C(=CC2=[N+](C)c3ccc4ccccc4c3C2(C)C)C(C)(C)c2c1ccc1ccccc21.CS(=O)(=O)[O-].CSOO[O-]. The molecule has 0 fully saturated rings. The van der Waals surface area contributed by atoms with Gasteiger partial charge in [-0.2, -0.15) is 8.91 Å². The molecule has 2 aliphatic heterocycles. The molecule has 10 heteroatoms. The topological polar surface area (TPSA) is 105 Å². The lowest BCUT2D eigenvalue weighted by molar-refractivity contribution is -0.777. The van der Waals surface area contributed by atoms with Gasteiger partial charge < -0.3 is 14.7 Å². The quantitative estimate of drug-likeness (QED) is 0.0908. The molecular formula is C33H37N2O6S2-. The number of nitrogens with zero attached hydrogens (tertiary/aromatic N) is 2. The van der Waals surface area contributed by atoms with Gasteiger partial charge in [0.05, 0.1) is 15.5 Å². The molecule has 0 bridgehead atoms. The normalized spacial score (nSPS) is 17.3. The number of hydrogen-bond acceptors (Lipinski definition) is 8. The van der Waals surface area contributed by atoms with Crippen LogP contribution < -0.4 is 10.2 Å². The first-order valence-corrected chi connectivity index (χ1v) is 16.6. The first-order valence-electron chi connectivity index (χ1n) is 13.7. The summed E-state index contributed by atoms with van der Waals surface area (Å²) in [5.74, 6) is 0. The Kier molecular flexibility index (Phi) is 9.41. The van der Waals surface area contributed by atoms with Crippen molar-refractivity contribution in [2.45, 2.75) is 38.5 Å². The second-order valence-corrected chi connectivity index (χ2v) is 13.5. The smallest absolute Gasteiger partial charge is 0.210 e. The number of hydrogen-bond donors (Lipinski definition) is 0. The van der Waals surface area contributed by atoms with Gasteiger partial charge in [0.15, 0.2) is 5.71 Å². The Morgan fingerprint density at radius 3 is 1.88 bits per heavy atom. The van der Waals surface area contributed by atoms with Crippen LogP contribution in [0.5, 0.6) is 0 Å². The van der Waals surface area contributed by atoms with Crippen LogP contribution in [0.25, 0.3) is 21.5 Å². The van der Waals surface area contributed by atoms with Crippen LogP contribution >= 0.6 is 12.0 Å². The van der Waals surface area contributed by atoms with Crippen molar-refractivity contribution in [3.05, 3.63) is 95.7 Å². The third-order valence-electron chi connectivity index (χ3n) is 8.16. The first kappa shape index (κ1) is 32.7. The lowest BCUT2D eigenvalue weighted by Gasteiger charge is -2.26. The van der Waals surface area contributed by atoms with E-state index in [1.807, 2.05) is 0 Å². The van der Waals surface area contributed by atoms with Gasteiger partial charge in [-0.1, -0.05) is 68.4 Å². The van der Waals surface area contributed by atoms with Gasteiger partial charge >= 0.3 is 0 Å². The average molecular weight is 622 g/mol. The maximum absolute atomic E-state index is 9.08. The highest BCUT2D eigenvalue weighted by atomic mass is 32.2. The van der Waals surface area contributed by atoms with Crippen LogP contribution in [-0.4, -0.2) is 49.9 Å². The van der Waals surface area contributed by atoms with Gasteiger partial charge in [-0.3, -0.25) is 5.04 Å². The predicted octanol–water partition coefficient (Wildman–Crippen LogP) is 5.96. The number of fused-ring (bicyclic) bond motifs is 6. The van der Waals surface area contributed by atoms with Crippen LogP contribution in [0.2, 0.25) is 0 Å². The summed E-state index contributed by atoms with van der Waals surface area (Å²) >= 11 is 0.867. The summed E-state index contributed by atoms with van der Waals surface area (Å²) in [4.78, 5) is 2.40. The van der Waals surface area contributed by atoms with Crippen molar-refractivity contribution in [1.29, 1.82) is 0 Å². The van der Waals surface area contributed by atoms with Gasteiger partial charge in [0.2, 0.25) is 5.69 Å². The zero-order valence-electron chi connectivity index (χ0n) is 25.7. The standard InChI is InChI=1S/C31H31N2.2CH4O3S/c1-30(2)26(32(5)24-17-15-20-11-7-9-13-22(20)28(24)30)19-27-31(3,4)29-23-14-10-8-12-21(23)16-18-25(29)33(27)6;1-5(2,3)4;1-5-4-3-2/h7-19H,1-6H3;1H3,(H,2,3,4);2H,1H3/q+1;;/p-2. The molecule has 8 nitrogen and oxygen atoms in total. The van der Waals surface area contributed by atoms with Crippen molar-refractivity contribution >= 4 is 60.8 Å². The van der Waals surface area contributed by atoms with E-state index in [0.717, 1.165) is 12.0 Å². The largest absolute Gasteiger partial charge is 0.748 e.